The molecule has 0 aliphatic heterocycles. The molecule has 158 valence electrons. The summed E-state index contributed by atoms with van der Waals surface area (Å²) in [6, 6.07) is 9.51. The smallest absolute Gasteiger partial charge is 0.273 e. The molecule has 0 radical (unpaired) electrons. The van der Waals surface area contributed by atoms with Crippen molar-refractivity contribution in [1.29, 1.82) is 0 Å². The van der Waals surface area contributed by atoms with Crippen molar-refractivity contribution >= 4 is 40.2 Å². The molecule has 0 saturated heterocycles. The third kappa shape index (κ3) is 4.74. The van der Waals surface area contributed by atoms with Crippen LogP contribution in [0.2, 0.25) is 0 Å². The molecule has 1 unspecified atom stereocenters. The van der Waals surface area contributed by atoms with E-state index in [1.54, 1.807) is 6.20 Å². The third-order valence-electron chi connectivity index (χ3n) is 5.08. The minimum Gasteiger partial charge on any atom is -0.364 e. The zero-order chi connectivity index (χ0) is 21.8. The van der Waals surface area contributed by atoms with Gasteiger partial charge in [0.15, 0.2) is 11.5 Å². The van der Waals surface area contributed by atoms with E-state index in [2.05, 4.69) is 42.7 Å². The van der Waals surface area contributed by atoms with Gasteiger partial charge in [-0.25, -0.2) is 0 Å². The first-order valence-corrected chi connectivity index (χ1v) is 9.87. The summed E-state index contributed by atoms with van der Waals surface area (Å²) in [5, 5.41) is 18.1. The van der Waals surface area contributed by atoms with Gasteiger partial charge in [0.25, 0.3) is 5.91 Å². The maximum absolute atomic E-state index is 11.8. The standard InChI is InChI=1S/C21H22N8O2/c1-2-17(30)24-14-5-6-15(11-14)26-21-27-20(18(19(22)31)28-29-21)25-13-7-8-16-12(10-13)4-3-9-23-16/h2-4,7-10,14-15H,1,5-6,11H2,(H2,22,31)(H,24,30)(H2,25,26,27,29)/t14?,15-/m1/s1. The maximum Gasteiger partial charge on any atom is 0.273 e. The highest BCUT2D eigenvalue weighted by Gasteiger charge is 2.26. The molecule has 5 N–H and O–H groups in total. The summed E-state index contributed by atoms with van der Waals surface area (Å²) in [5.74, 6) is -0.436. The van der Waals surface area contributed by atoms with Crippen LogP contribution in [0.4, 0.5) is 17.5 Å². The van der Waals surface area contributed by atoms with Gasteiger partial charge in [-0.1, -0.05) is 12.6 Å². The number of aromatic nitrogens is 4. The predicted molar refractivity (Wildman–Crippen MR) is 117 cm³/mol. The highest BCUT2D eigenvalue weighted by atomic mass is 16.2. The van der Waals surface area contributed by atoms with Crippen LogP contribution in [0.1, 0.15) is 29.8 Å². The lowest BCUT2D eigenvalue weighted by molar-refractivity contribution is -0.117. The molecule has 1 fully saturated rings. The van der Waals surface area contributed by atoms with Crippen LogP contribution in [0.5, 0.6) is 0 Å². The summed E-state index contributed by atoms with van der Waals surface area (Å²) in [6.07, 6.45) is 5.38. The van der Waals surface area contributed by atoms with E-state index in [9.17, 15) is 9.59 Å². The van der Waals surface area contributed by atoms with E-state index in [4.69, 9.17) is 5.73 Å². The van der Waals surface area contributed by atoms with Crippen molar-refractivity contribution in [3.63, 3.8) is 0 Å². The Morgan fingerprint density at radius 3 is 2.81 bits per heavy atom. The summed E-state index contributed by atoms with van der Waals surface area (Å²) >= 11 is 0. The number of pyridine rings is 1. The fourth-order valence-corrected chi connectivity index (χ4v) is 3.62. The fraction of sp³-hybridized carbons (Fsp3) is 0.238. The van der Waals surface area contributed by atoms with Gasteiger partial charge in [-0.15, -0.1) is 10.2 Å². The molecule has 31 heavy (non-hydrogen) atoms. The second-order valence-electron chi connectivity index (χ2n) is 7.30. The molecule has 0 spiro atoms. The van der Waals surface area contributed by atoms with Crippen molar-refractivity contribution in [3.05, 3.63) is 54.9 Å². The van der Waals surface area contributed by atoms with Crippen LogP contribution in [0.15, 0.2) is 49.2 Å². The highest BCUT2D eigenvalue weighted by molar-refractivity contribution is 5.96. The Morgan fingerprint density at radius 2 is 2.00 bits per heavy atom. The summed E-state index contributed by atoms with van der Waals surface area (Å²) < 4.78 is 0. The van der Waals surface area contributed by atoms with E-state index < -0.39 is 5.91 Å². The van der Waals surface area contributed by atoms with Crippen LogP contribution in [0.3, 0.4) is 0 Å². The Morgan fingerprint density at radius 1 is 1.16 bits per heavy atom. The van der Waals surface area contributed by atoms with Crippen LogP contribution in [0.25, 0.3) is 10.9 Å². The molecule has 0 bridgehead atoms. The van der Waals surface area contributed by atoms with Gasteiger partial charge in [0.05, 0.1) is 5.52 Å². The molecule has 4 rings (SSSR count). The third-order valence-corrected chi connectivity index (χ3v) is 5.08. The lowest BCUT2D eigenvalue weighted by atomic mass is 10.2. The number of primary amides is 1. The number of rotatable bonds is 7. The Balaban J connectivity index is 1.52. The van der Waals surface area contributed by atoms with Gasteiger partial charge >= 0.3 is 0 Å². The number of nitrogens with zero attached hydrogens (tertiary/aromatic N) is 4. The second-order valence-corrected chi connectivity index (χ2v) is 7.30. The quantitative estimate of drug-likeness (QED) is 0.425. The molecule has 2 heterocycles. The van der Waals surface area contributed by atoms with Crippen molar-refractivity contribution in [2.45, 2.75) is 31.3 Å². The van der Waals surface area contributed by atoms with Crippen molar-refractivity contribution in [3.8, 4) is 0 Å². The minimum absolute atomic E-state index is 0.0561. The largest absolute Gasteiger partial charge is 0.364 e. The van der Waals surface area contributed by atoms with E-state index in [-0.39, 0.29) is 35.5 Å². The Bertz CT molecular complexity index is 1150. The van der Waals surface area contributed by atoms with Gasteiger partial charge in [-0.05, 0) is 49.6 Å². The number of nitrogens with one attached hydrogen (secondary N) is 3. The van der Waals surface area contributed by atoms with E-state index in [1.807, 2.05) is 30.3 Å². The first-order valence-electron chi connectivity index (χ1n) is 9.87. The average Bonchev–Trinajstić information content (AvgIpc) is 3.20. The van der Waals surface area contributed by atoms with Gasteiger partial charge in [0.1, 0.15) is 0 Å². The lowest BCUT2D eigenvalue weighted by Crippen LogP contribution is -2.32. The molecular weight excluding hydrogens is 396 g/mol. The van der Waals surface area contributed by atoms with Crippen molar-refractivity contribution in [1.82, 2.24) is 25.5 Å². The summed E-state index contributed by atoms with van der Waals surface area (Å²) in [5.41, 5.74) is 6.96. The number of carbonyl (C=O) groups excluding carboxylic acids is 2. The molecule has 2 atom stereocenters. The van der Waals surface area contributed by atoms with E-state index in [0.717, 1.165) is 30.2 Å². The highest BCUT2D eigenvalue weighted by Crippen LogP contribution is 2.24. The lowest BCUT2D eigenvalue weighted by Gasteiger charge is -2.15. The van der Waals surface area contributed by atoms with Gasteiger partial charge in [0.2, 0.25) is 11.9 Å². The SMILES string of the molecule is C=CC(=O)NC1CC[C@@H](Nc2nnc(C(N)=O)c(Nc3ccc4ncccc4c3)n2)C1. The van der Waals surface area contributed by atoms with Crippen LogP contribution < -0.4 is 21.7 Å². The predicted octanol–water partition coefficient (Wildman–Crippen LogP) is 1.90. The number of amides is 2. The number of hydrogen-bond acceptors (Lipinski definition) is 8. The Kier molecular flexibility index (Phi) is 5.69. The summed E-state index contributed by atoms with van der Waals surface area (Å²) in [4.78, 5) is 32.0. The zero-order valence-corrected chi connectivity index (χ0v) is 16.7. The molecule has 1 aliphatic rings. The number of benzene rings is 1. The first-order chi connectivity index (χ1) is 15.0. The van der Waals surface area contributed by atoms with Crippen LogP contribution in [-0.2, 0) is 4.79 Å². The van der Waals surface area contributed by atoms with Gasteiger partial charge in [0, 0.05) is 29.4 Å². The average molecular weight is 418 g/mol. The molecule has 2 amide bonds. The van der Waals surface area contributed by atoms with Gasteiger partial charge in [-0.2, -0.15) is 4.98 Å². The molecule has 1 aromatic carbocycles. The van der Waals surface area contributed by atoms with E-state index in [1.165, 1.54) is 6.08 Å². The monoisotopic (exact) mass is 418 g/mol. The van der Waals surface area contributed by atoms with E-state index in [0.29, 0.717) is 5.69 Å². The summed E-state index contributed by atoms with van der Waals surface area (Å²) in [6.45, 7) is 3.47. The molecule has 10 heteroatoms. The van der Waals surface area contributed by atoms with Gasteiger partial charge in [-0.3, -0.25) is 14.6 Å². The number of fused-ring (bicyclic) bond motifs is 1. The maximum atomic E-state index is 11.8. The number of hydrogen-bond donors (Lipinski definition) is 4. The fourth-order valence-electron chi connectivity index (χ4n) is 3.62. The molecule has 3 aromatic rings. The molecular formula is C21H22N8O2. The van der Waals surface area contributed by atoms with Crippen molar-refractivity contribution in [2.24, 2.45) is 5.73 Å². The van der Waals surface area contributed by atoms with Crippen molar-refractivity contribution in [2.75, 3.05) is 10.6 Å². The Labute approximate surface area is 178 Å². The number of carbonyl (C=O) groups is 2. The normalized spacial score (nSPS) is 17.8. The second kappa shape index (κ2) is 8.74. The molecule has 1 aliphatic carbocycles. The number of nitrogens with two attached hydrogens (primary N) is 1. The van der Waals surface area contributed by atoms with Crippen LogP contribution in [-0.4, -0.2) is 44.1 Å². The number of anilines is 3. The van der Waals surface area contributed by atoms with Gasteiger partial charge < -0.3 is 21.7 Å². The Hall–Kier alpha value is -4.08. The minimum atomic E-state index is -0.732. The molecule has 2 aromatic heterocycles. The molecule has 10 nitrogen and oxygen atoms in total. The first kappa shape index (κ1) is 20.2. The summed E-state index contributed by atoms with van der Waals surface area (Å²) in [7, 11) is 0. The van der Waals surface area contributed by atoms with Crippen molar-refractivity contribution < 1.29 is 9.59 Å². The van der Waals surface area contributed by atoms with Crippen LogP contribution >= 0.6 is 0 Å². The zero-order valence-electron chi connectivity index (χ0n) is 16.7. The van der Waals surface area contributed by atoms with E-state index >= 15 is 0 Å². The van der Waals surface area contributed by atoms with Crippen LogP contribution in [0, 0.1) is 0 Å². The molecule has 1 saturated carbocycles. The topological polar surface area (TPSA) is 148 Å².